The first kappa shape index (κ1) is 13.9. The van der Waals surface area contributed by atoms with Gasteiger partial charge in [-0.2, -0.15) is 0 Å². The van der Waals surface area contributed by atoms with Gasteiger partial charge in [0, 0.05) is 33.9 Å². The minimum atomic E-state index is 0.704. The van der Waals surface area contributed by atoms with Crippen LogP contribution in [0.4, 0.5) is 5.69 Å². The van der Waals surface area contributed by atoms with Crippen LogP contribution in [0.3, 0.4) is 0 Å². The van der Waals surface area contributed by atoms with Crippen LogP contribution in [0.15, 0.2) is 59.2 Å². The quantitative estimate of drug-likeness (QED) is 0.751. The minimum absolute atomic E-state index is 0.704. The number of hydrogen-bond acceptors (Lipinski definition) is 3. The van der Waals surface area contributed by atoms with E-state index in [0.29, 0.717) is 6.54 Å². The van der Waals surface area contributed by atoms with Crippen LogP contribution in [-0.4, -0.2) is 12.1 Å². The third-order valence-electron chi connectivity index (χ3n) is 3.38. The van der Waals surface area contributed by atoms with E-state index in [2.05, 4.69) is 38.4 Å². The number of rotatable bonds is 4. The summed E-state index contributed by atoms with van der Waals surface area (Å²) < 4.78 is 6.38. The Morgan fingerprint density at radius 3 is 2.81 bits per heavy atom. The zero-order chi connectivity index (χ0) is 14.7. The average molecular weight is 343 g/mol. The van der Waals surface area contributed by atoms with Gasteiger partial charge in [0.2, 0.25) is 0 Å². The van der Waals surface area contributed by atoms with Gasteiger partial charge in [0.15, 0.2) is 0 Å². The lowest BCUT2D eigenvalue weighted by Gasteiger charge is -2.12. The number of aromatic nitrogens is 1. The molecule has 21 heavy (non-hydrogen) atoms. The van der Waals surface area contributed by atoms with Gasteiger partial charge in [0.05, 0.1) is 12.6 Å². The molecule has 106 valence electrons. The highest BCUT2D eigenvalue weighted by atomic mass is 79.9. The summed E-state index contributed by atoms with van der Waals surface area (Å²) in [4.78, 5) is 4.42. The summed E-state index contributed by atoms with van der Waals surface area (Å²) in [5.41, 5.74) is 3.15. The van der Waals surface area contributed by atoms with Gasteiger partial charge in [-0.05, 0) is 34.1 Å². The highest BCUT2D eigenvalue weighted by Crippen LogP contribution is 2.28. The number of hydrogen-bond donors (Lipinski definition) is 1. The van der Waals surface area contributed by atoms with Gasteiger partial charge in [-0.1, -0.05) is 30.3 Å². The van der Waals surface area contributed by atoms with Crippen molar-refractivity contribution in [2.45, 2.75) is 6.54 Å². The molecule has 0 atom stereocenters. The van der Waals surface area contributed by atoms with Gasteiger partial charge in [-0.15, -0.1) is 0 Å². The number of benzene rings is 2. The Hall–Kier alpha value is -2.07. The number of nitrogens with zero attached hydrogens (tertiary/aromatic N) is 1. The molecule has 0 saturated heterocycles. The molecule has 0 amide bonds. The predicted octanol–water partition coefficient (Wildman–Crippen LogP) is 4.62. The van der Waals surface area contributed by atoms with Crippen LogP contribution in [-0.2, 0) is 6.54 Å². The molecule has 3 nitrogen and oxygen atoms in total. The molecule has 1 N–H and O–H groups in total. The molecule has 0 saturated carbocycles. The van der Waals surface area contributed by atoms with E-state index in [0.717, 1.165) is 32.4 Å². The van der Waals surface area contributed by atoms with Crippen molar-refractivity contribution < 1.29 is 4.74 Å². The van der Waals surface area contributed by atoms with E-state index in [1.54, 1.807) is 7.11 Å². The number of anilines is 1. The van der Waals surface area contributed by atoms with Gasteiger partial charge >= 0.3 is 0 Å². The summed E-state index contributed by atoms with van der Waals surface area (Å²) in [6.07, 6.45) is 1.82. The fraction of sp³-hybridized carbons (Fsp3) is 0.118. The zero-order valence-electron chi connectivity index (χ0n) is 11.6. The Labute approximate surface area is 132 Å². The Kier molecular flexibility index (Phi) is 4.06. The summed E-state index contributed by atoms with van der Waals surface area (Å²) in [7, 11) is 1.69. The van der Waals surface area contributed by atoms with Crippen molar-refractivity contribution in [3.8, 4) is 5.75 Å². The second-order valence-electron chi connectivity index (χ2n) is 4.66. The van der Waals surface area contributed by atoms with E-state index >= 15 is 0 Å². The van der Waals surface area contributed by atoms with Gasteiger partial charge in [0.25, 0.3) is 0 Å². The largest absolute Gasteiger partial charge is 0.496 e. The van der Waals surface area contributed by atoms with Crippen molar-refractivity contribution in [1.29, 1.82) is 0 Å². The molecule has 0 radical (unpaired) electrons. The Bertz CT molecular complexity index is 774. The first-order chi connectivity index (χ1) is 10.3. The molecule has 0 unspecified atom stereocenters. The number of nitrogens with one attached hydrogen (secondary N) is 1. The maximum Gasteiger partial charge on any atom is 0.123 e. The highest BCUT2D eigenvalue weighted by molar-refractivity contribution is 9.10. The molecule has 3 aromatic rings. The summed E-state index contributed by atoms with van der Waals surface area (Å²) in [6, 6.07) is 16.1. The maximum atomic E-state index is 5.38. The molecule has 3 rings (SSSR count). The van der Waals surface area contributed by atoms with Crippen LogP contribution in [0.2, 0.25) is 0 Å². The highest BCUT2D eigenvalue weighted by Gasteiger charge is 2.06. The standard InChI is InChI=1S/C17H15BrN2O/c1-21-16-8-3-2-5-12(16)11-20-15-9-10-19-17-13(15)6-4-7-14(17)18/h2-10H,11H2,1H3,(H,19,20). The summed E-state index contributed by atoms with van der Waals surface area (Å²) >= 11 is 3.54. The second-order valence-corrected chi connectivity index (χ2v) is 5.51. The van der Waals surface area contributed by atoms with E-state index in [1.807, 2.05) is 42.6 Å². The van der Waals surface area contributed by atoms with Crippen molar-refractivity contribution in [2.24, 2.45) is 0 Å². The van der Waals surface area contributed by atoms with Crippen LogP contribution >= 0.6 is 15.9 Å². The smallest absolute Gasteiger partial charge is 0.123 e. The fourth-order valence-electron chi connectivity index (χ4n) is 2.33. The maximum absolute atomic E-state index is 5.38. The second kappa shape index (κ2) is 6.14. The minimum Gasteiger partial charge on any atom is -0.496 e. The van der Waals surface area contributed by atoms with Gasteiger partial charge in [0.1, 0.15) is 5.75 Å². The van der Waals surface area contributed by atoms with Crippen LogP contribution in [0.5, 0.6) is 5.75 Å². The summed E-state index contributed by atoms with van der Waals surface area (Å²) in [6.45, 7) is 0.704. The molecule has 0 aliphatic rings. The van der Waals surface area contributed by atoms with Crippen molar-refractivity contribution in [3.63, 3.8) is 0 Å². The number of para-hydroxylation sites is 2. The number of halogens is 1. The molecule has 0 aliphatic heterocycles. The van der Waals surface area contributed by atoms with Gasteiger partial charge < -0.3 is 10.1 Å². The normalized spacial score (nSPS) is 10.6. The Morgan fingerprint density at radius 2 is 1.95 bits per heavy atom. The third kappa shape index (κ3) is 2.85. The van der Waals surface area contributed by atoms with E-state index in [-0.39, 0.29) is 0 Å². The van der Waals surface area contributed by atoms with E-state index in [4.69, 9.17) is 4.74 Å². The fourth-order valence-corrected chi connectivity index (χ4v) is 2.80. The summed E-state index contributed by atoms with van der Waals surface area (Å²) in [5.74, 6) is 0.893. The lowest BCUT2D eigenvalue weighted by molar-refractivity contribution is 0.410. The molecule has 1 aromatic heterocycles. The molecule has 2 aromatic carbocycles. The van der Waals surface area contributed by atoms with Crippen LogP contribution in [0.25, 0.3) is 10.9 Å². The molecule has 0 bridgehead atoms. The zero-order valence-corrected chi connectivity index (χ0v) is 13.2. The summed E-state index contributed by atoms with van der Waals surface area (Å²) in [5, 5.41) is 4.56. The molecular weight excluding hydrogens is 328 g/mol. The van der Waals surface area contributed by atoms with Crippen molar-refractivity contribution >= 4 is 32.5 Å². The molecule has 4 heteroatoms. The molecule has 0 spiro atoms. The molecule has 1 heterocycles. The van der Waals surface area contributed by atoms with Crippen LogP contribution in [0, 0.1) is 0 Å². The van der Waals surface area contributed by atoms with Crippen LogP contribution in [0.1, 0.15) is 5.56 Å². The SMILES string of the molecule is COc1ccccc1CNc1ccnc2c(Br)cccc12. The van der Waals surface area contributed by atoms with Crippen LogP contribution < -0.4 is 10.1 Å². The van der Waals surface area contributed by atoms with Crippen molar-refractivity contribution in [1.82, 2.24) is 4.98 Å². The van der Waals surface area contributed by atoms with Gasteiger partial charge in [-0.3, -0.25) is 4.98 Å². The number of methoxy groups -OCH3 is 1. The molecule has 0 aliphatic carbocycles. The Morgan fingerprint density at radius 1 is 1.10 bits per heavy atom. The van der Waals surface area contributed by atoms with E-state index in [9.17, 15) is 0 Å². The predicted molar refractivity (Wildman–Crippen MR) is 89.8 cm³/mol. The topological polar surface area (TPSA) is 34.1 Å². The van der Waals surface area contributed by atoms with E-state index < -0.39 is 0 Å². The first-order valence-electron chi connectivity index (χ1n) is 6.68. The number of pyridine rings is 1. The Balaban J connectivity index is 1.91. The average Bonchev–Trinajstić information content (AvgIpc) is 2.53. The van der Waals surface area contributed by atoms with Crippen molar-refractivity contribution in [3.05, 3.63) is 64.8 Å². The molecule has 0 fully saturated rings. The lowest BCUT2D eigenvalue weighted by atomic mass is 10.1. The lowest BCUT2D eigenvalue weighted by Crippen LogP contribution is -2.02. The number of ether oxygens (including phenoxy) is 1. The monoisotopic (exact) mass is 342 g/mol. The number of fused-ring (bicyclic) bond motifs is 1. The first-order valence-corrected chi connectivity index (χ1v) is 7.48. The molecular formula is C17H15BrN2O. The third-order valence-corrected chi connectivity index (χ3v) is 4.02. The van der Waals surface area contributed by atoms with Gasteiger partial charge in [-0.25, -0.2) is 0 Å². The van der Waals surface area contributed by atoms with Crippen molar-refractivity contribution in [2.75, 3.05) is 12.4 Å². The van der Waals surface area contributed by atoms with E-state index in [1.165, 1.54) is 0 Å².